The summed E-state index contributed by atoms with van der Waals surface area (Å²) in [5.41, 5.74) is 4.79. The molecule has 3 aromatic heterocycles. The van der Waals surface area contributed by atoms with Crippen molar-refractivity contribution in [1.29, 1.82) is 0 Å². The van der Waals surface area contributed by atoms with Crippen molar-refractivity contribution in [2.45, 2.75) is 26.6 Å². The standard InChI is InChI=1S/C20H24N6/c1-16-5-6-19-15-25(13-18-11-22-24(2)12-18)8-9-26(20(19)23-16)14-17-4-3-7-21-10-17/h3-7,10-12H,8-9,13-15H2,1-2H3. The zero-order chi connectivity index (χ0) is 17.9. The lowest BCUT2D eigenvalue weighted by Gasteiger charge is -2.24. The molecule has 0 saturated carbocycles. The summed E-state index contributed by atoms with van der Waals surface area (Å²) in [6.07, 6.45) is 7.80. The van der Waals surface area contributed by atoms with Gasteiger partial charge in [-0.2, -0.15) is 5.10 Å². The van der Waals surface area contributed by atoms with Gasteiger partial charge in [0.15, 0.2) is 0 Å². The molecule has 1 aliphatic heterocycles. The minimum Gasteiger partial charge on any atom is -0.351 e. The highest BCUT2D eigenvalue weighted by Crippen LogP contribution is 2.25. The topological polar surface area (TPSA) is 50.1 Å². The molecular weight excluding hydrogens is 324 g/mol. The summed E-state index contributed by atoms with van der Waals surface area (Å²) in [6.45, 7) is 6.63. The Balaban J connectivity index is 1.59. The summed E-state index contributed by atoms with van der Waals surface area (Å²) in [4.78, 5) is 14.0. The molecule has 0 aliphatic carbocycles. The Morgan fingerprint density at radius 3 is 2.73 bits per heavy atom. The van der Waals surface area contributed by atoms with E-state index in [1.54, 1.807) is 0 Å². The van der Waals surface area contributed by atoms with Crippen LogP contribution in [0.5, 0.6) is 0 Å². The first kappa shape index (κ1) is 16.7. The summed E-state index contributed by atoms with van der Waals surface area (Å²) in [5.74, 6) is 1.10. The molecule has 0 saturated heterocycles. The average molecular weight is 348 g/mol. The molecule has 0 radical (unpaired) electrons. The molecule has 1 aliphatic rings. The zero-order valence-electron chi connectivity index (χ0n) is 15.3. The molecule has 0 atom stereocenters. The first-order valence-electron chi connectivity index (χ1n) is 8.97. The number of aryl methyl sites for hydroxylation is 2. The molecule has 0 bridgehead atoms. The van der Waals surface area contributed by atoms with Crippen molar-refractivity contribution in [3.05, 3.63) is 71.4 Å². The normalized spacial score (nSPS) is 14.9. The Morgan fingerprint density at radius 1 is 1.04 bits per heavy atom. The molecular formula is C20H24N6. The summed E-state index contributed by atoms with van der Waals surface area (Å²) in [6, 6.07) is 8.44. The van der Waals surface area contributed by atoms with Crippen LogP contribution in [0.4, 0.5) is 5.82 Å². The maximum atomic E-state index is 4.86. The average Bonchev–Trinajstić information content (AvgIpc) is 2.97. The molecule has 0 amide bonds. The second kappa shape index (κ2) is 7.25. The largest absolute Gasteiger partial charge is 0.351 e. The molecule has 26 heavy (non-hydrogen) atoms. The smallest absolute Gasteiger partial charge is 0.133 e. The van der Waals surface area contributed by atoms with Crippen LogP contribution in [0.1, 0.15) is 22.4 Å². The fourth-order valence-electron chi connectivity index (χ4n) is 3.47. The van der Waals surface area contributed by atoms with Gasteiger partial charge in [0.25, 0.3) is 0 Å². The van der Waals surface area contributed by atoms with Gasteiger partial charge >= 0.3 is 0 Å². The summed E-state index contributed by atoms with van der Waals surface area (Å²) in [5, 5.41) is 4.29. The monoisotopic (exact) mass is 348 g/mol. The number of pyridine rings is 2. The van der Waals surface area contributed by atoms with E-state index < -0.39 is 0 Å². The van der Waals surface area contributed by atoms with Gasteiger partial charge in [0.2, 0.25) is 0 Å². The van der Waals surface area contributed by atoms with Crippen LogP contribution in [0.3, 0.4) is 0 Å². The van der Waals surface area contributed by atoms with E-state index in [0.717, 1.165) is 44.2 Å². The Morgan fingerprint density at radius 2 is 1.96 bits per heavy atom. The SMILES string of the molecule is Cc1ccc2c(n1)N(Cc1cccnc1)CCN(Cc1cnn(C)c1)C2. The molecule has 0 fully saturated rings. The quantitative estimate of drug-likeness (QED) is 0.725. The fraction of sp³-hybridized carbons (Fsp3) is 0.350. The van der Waals surface area contributed by atoms with E-state index >= 15 is 0 Å². The molecule has 0 spiro atoms. The van der Waals surface area contributed by atoms with Crippen molar-refractivity contribution in [3.8, 4) is 0 Å². The number of hydrogen-bond donors (Lipinski definition) is 0. The number of anilines is 1. The molecule has 134 valence electrons. The molecule has 0 unspecified atom stereocenters. The van der Waals surface area contributed by atoms with Gasteiger partial charge in [-0.05, 0) is 24.6 Å². The predicted octanol–water partition coefficient (Wildman–Crippen LogP) is 2.54. The van der Waals surface area contributed by atoms with Crippen molar-refractivity contribution in [2.24, 2.45) is 7.05 Å². The summed E-state index contributed by atoms with van der Waals surface area (Å²) in [7, 11) is 1.96. The van der Waals surface area contributed by atoms with Gasteiger partial charge in [0, 0.05) is 75.2 Å². The molecule has 6 heteroatoms. The second-order valence-electron chi connectivity index (χ2n) is 6.95. The highest BCUT2D eigenvalue weighted by molar-refractivity contribution is 5.49. The minimum absolute atomic E-state index is 0.831. The maximum absolute atomic E-state index is 4.86. The van der Waals surface area contributed by atoms with E-state index in [2.05, 4.69) is 51.2 Å². The van der Waals surface area contributed by atoms with Gasteiger partial charge in [0.05, 0.1) is 6.20 Å². The van der Waals surface area contributed by atoms with Crippen LogP contribution < -0.4 is 4.90 Å². The molecule has 0 aromatic carbocycles. The Labute approximate surface area is 154 Å². The van der Waals surface area contributed by atoms with Crippen LogP contribution >= 0.6 is 0 Å². The minimum atomic E-state index is 0.831. The van der Waals surface area contributed by atoms with E-state index in [4.69, 9.17) is 4.98 Å². The van der Waals surface area contributed by atoms with Crippen molar-refractivity contribution in [1.82, 2.24) is 24.6 Å². The molecule has 0 N–H and O–H groups in total. The van der Waals surface area contributed by atoms with E-state index in [0.29, 0.717) is 0 Å². The highest BCUT2D eigenvalue weighted by Gasteiger charge is 2.22. The Kier molecular flexibility index (Phi) is 4.67. The molecule has 4 rings (SSSR count). The number of hydrogen-bond acceptors (Lipinski definition) is 5. The van der Waals surface area contributed by atoms with Crippen LogP contribution in [-0.4, -0.2) is 37.7 Å². The summed E-state index contributed by atoms with van der Waals surface area (Å²) >= 11 is 0. The van der Waals surface area contributed by atoms with E-state index in [1.807, 2.05) is 36.4 Å². The van der Waals surface area contributed by atoms with Gasteiger partial charge in [-0.15, -0.1) is 0 Å². The van der Waals surface area contributed by atoms with Crippen LogP contribution in [0, 0.1) is 6.92 Å². The third-order valence-corrected chi connectivity index (χ3v) is 4.74. The van der Waals surface area contributed by atoms with Crippen molar-refractivity contribution in [3.63, 3.8) is 0 Å². The Hall–Kier alpha value is -2.73. The van der Waals surface area contributed by atoms with Crippen LogP contribution in [-0.2, 0) is 26.7 Å². The number of nitrogens with zero attached hydrogens (tertiary/aromatic N) is 6. The number of aromatic nitrogens is 4. The lowest BCUT2D eigenvalue weighted by atomic mass is 10.2. The van der Waals surface area contributed by atoms with Crippen LogP contribution in [0.2, 0.25) is 0 Å². The highest BCUT2D eigenvalue weighted by atomic mass is 15.3. The molecule has 3 aromatic rings. The third kappa shape index (κ3) is 3.75. The van der Waals surface area contributed by atoms with E-state index in [9.17, 15) is 0 Å². The predicted molar refractivity (Wildman–Crippen MR) is 102 cm³/mol. The van der Waals surface area contributed by atoms with Crippen LogP contribution in [0.15, 0.2) is 49.1 Å². The first-order valence-corrected chi connectivity index (χ1v) is 8.97. The maximum Gasteiger partial charge on any atom is 0.133 e. The van der Waals surface area contributed by atoms with Crippen molar-refractivity contribution >= 4 is 5.82 Å². The van der Waals surface area contributed by atoms with Gasteiger partial charge < -0.3 is 4.90 Å². The fourth-order valence-corrected chi connectivity index (χ4v) is 3.47. The van der Waals surface area contributed by atoms with Gasteiger partial charge in [-0.3, -0.25) is 14.6 Å². The first-order chi connectivity index (χ1) is 12.7. The second-order valence-corrected chi connectivity index (χ2v) is 6.95. The van der Waals surface area contributed by atoms with Gasteiger partial charge in [-0.25, -0.2) is 4.98 Å². The Bertz CT molecular complexity index is 873. The van der Waals surface area contributed by atoms with E-state index in [1.165, 1.54) is 16.7 Å². The third-order valence-electron chi connectivity index (χ3n) is 4.74. The van der Waals surface area contributed by atoms with E-state index in [-0.39, 0.29) is 0 Å². The van der Waals surface area contributed by atoms with Gasteiger partial charge in [-0.1, -0.05) is 12.1 Å². The van der Waals surface area contributed by atoms with Crippen LogP contribution in [0.25, 0.3) is 0 Å². The lowest BCUT2D eigenvalue weighted by molar-refractivity contribution is 0.268. The molecule has 4 heterocycles. The molecule has 6 nitrogen and oxygen atoms in total. The van der Waals surface area contributed by atoms with Crippen molar-refractivity contribution < 1.29 is 0 Å². The zero-order valence-corrected chi connectivity index (χ0v) is 15.3. The number of rotatable bonds is 4. The van der Waals surface area contributed by atoms with Gasteiger partial charge in [0.1, 0.15) is 5.82 Å². The van der Waals surface area contributed by atoms with Crippen molar-refractivity contribution in [2.75, 3.05) is 18.0 Å². The number of fused-ring (bicyclic) bond motifs is 1. The summed E-state index contributed by atoms with van der Waals surface area (Å²) < 4.78 is 1.86. The lowest BCUT2D eigenvalue weighted by Crippen LogP contribution is -2.31.